The molecule has 2 amide bonds. The van der Waals surface area contributed by atoms with Crippen molar-refractivity contribution in [2.24, 2.45) is 0 Å². The molecule has 0 saturated carbocycles. The molecule has 1 saturated heterocycles. The van der Waals surface area contributed by atoms with E-state index in [9.17, 15) is 19.5 Å². The smallest absolute Gasteiger partial charge is 0.259 e. The Bertz CT molecular complexity index is 1720. The van der Waals surface area contributed by atoms with Crippen molar-refractivity contribution in [3.8, 4) is 16.9 Å². The van der Waals surface area contributed by atoms with Crippen LogP contribution >= 0.6 is 35.6 Å². The average molecular weight is 673 g/mol. The molecule has 0 aliphatic carbocycles. The number of aromatic nitrogens is 2. The predicted octanol–water partition coefficient (Wildman–Crippen LogP) is 5.96. The number of amides is 2. The number of benzene rings is 2. The van der Waals surface area contributed by atoms with Crippen molar-refractivity contribution in [3.63, 3.8) is 0 Å². The van der Waals surface area contributed by atoms with Crippen LogP contribution in [0, 0.1) is 0 Å². The Labute approximate surface area is 276 Å². The number of nitrogens with one attached hydrogen (secondary N) is 2. The van der Waals surface area contributed by atoms with Crippen LogP contribution in [-0.2, 0) is 11.3 Å². The number of hydrogen-bond donors (Lipinski definition) is 3. The number of nitrogens with zero attached hydrogens (tertiary/aromatic N) is 3. The first-order valence-corrected chi connectivity index (χ1v) is 14.8. The molecule has 3 heterocycles. The second-order valence-corrected chi connectivity index (χ2v) is 11.5. The van der Waals surface area contributed by atoms with Crippen LogP contribution in [0.4, 0.5) is 11.5 Å². The lowest BCUT2D eigenvalue weighted by molar-refractivity contribution is -0.0686. The molecular weight excluding hydrogens is 641 g/mol. The molecule has 2 aromatic heterocycles. The van der Waals surface area contributed by atoms with Crippen molar-refractivity contribution in [1.82, 2.24) is 14.5 Å². The summed E-state index contributed by atoms with van der Waals surface area (Å²) in [5.74, 6) is -1.40. The molecule has 45 heavy (non-hydrogen) atoms. The number of pyridine rings is 2. The first-order valence-electron chi connectivity index (χ1n) is 14.0. The van der Waals surface area contributed by atoms with E-state index in [0.29, 0.717) is 22.7 Å². The van der Waals surface area contributed by atoms with E-state index in [2.05, 4.69) is 20.5 Å². The predicted molar refractivity (Wildman–Crippen MR) is 178 cm³/mol. The fraction of sp³-hybridized carbons (Fsp3) is 0.250. The molecule has 2 aromatic carbocycles. The number of anilines is 2. The van der Waals surface area contributed by atoms with E-state index in [1.54, 1.807) is 47.2 Å². The Hall–Kier alpha value is -3.93. The van der Waals surface area contributed by atoms with Gasteiger partial charge in [-0.25, -0.2) is 4.98 Å². The highest BCUT2D eigenvalue weighted by Gasteiger charge is 2.22. The summed E-state index contributed by atoms with van der Waals surface area (Å²) < 4.78 is 7.49. The van der Waals surface area contributed by atoms with E-state index in [1.165, 1.54) is 24.4 Å². The first-order chi connectivity index (χ1) is 21.1. The number of morpholine rings is 1. The maximum Gasteiger partial charge on any atom is 0.259 e. The number of phenolic OH excluding ortho intramolecular Hbond substituents is 1. The van der Waals surface area contributed by atoms with Crippen LogP contribution in [0.15, 0.2) is 77.9 Å². The maximum atomic E-state index is 13.3. The molecule has 2 atom stereocenters. The SMILES string of the molecule is CC1CN(CCn2cccc(-c3ccc(C(=O)Nc4c(O)cc(Cl)cc4C(=O)Nc4ccc(Cl)cn4)cc3)c2=O)CC(C)O1.Cl. The summed E-state index contributed by atoms with van der Waals surface area (Å²) in [6, 6.07) is 15.7. The summed E-state index contributed by atoms with van der Waals surface area (Å²) in [4.78, 5) is 45.8. The summed E-state index contributed by atoms with van der Waals surface area (Å²) in [5.41, 5.74) is 1.09. The van der Waals surface area contributed by atoms with E-state index in [1.807, 2.05) is 19.9 Å². The first kappa shape index (κ1) is 34.0. The van der Waals surface area contributed by atoms with Gasteiger partial charge in [0.1, 0.15) is 11.6 Å². The van der Waals surface area contributed by atoms with Crippen LogP contribution in [0.1, 0.15) is 34.6 Å². The van der Waals surface area contributed by atoms with Gasteiger partial charge in [0, 0.05) is 60.8 Å². The summed E-state index contributed by atoms with van der Waals surface area (Å²) >= 11 is 12.0. The summed E-state index contributed by atoms with van der Waals surface area (Å²) in [6.07, 6.45) is 3.44. The zero-order valence-electron chi connectivity index (χ0n) is 24.5. The van der Waals surface area contributed by atoms with E-state index >= 15 is 0 Å². The molecule has 13 heteroatoms. The number of halogens is 3. The van der Waals surface area contributed by atoms with Crippen molar-refractivity contribution in [2.75, 3.05) is 30.3 Å². The molecule has 2 unspecified atom stereocenters. The molecule has 3 N–H and O–H groups in total. The molecule has 0 bridgehead atoms. The standard InChI is InChI=1S/C32H31Cl2N5O5.ClH/c1-19-17-38(18-20(2)44-19)12-13-39-11-3-4-25(32(39)43)21-5-7-22(8-6-21)30(41)37-29-26(14-24(34)15-27(29)40)31(42)36-28-10-9-23(33)16-35-28;/h3-11,14-16,19-20,40H,12-13,17-18H2,1-2H3,(H,37,41)(H,35,36,42);1H. The number of ether oxygens (including phenoxy) is 1. The fourth-order valence-corrected chi connectivity index (χ4v) is 5.50. The highest BCUT2D eigenvalue weighted by Crippen LogP contribution is 2.33. The Kier molecular flexibility index (Phi) is 11.2. The van der Waals surface area contributed by atoms with Gasteiger partial charge in [-0.15, -0.1) is 12.4 Å². The second kappa shape index (κ2) is 14.9. The zero-order chi connectivity index (χ0) is 31.4. The number of hydrogen-bond acceptors (Lipinski definition) is 7. The topological polar surface area (TPSA) is 126 Å². The van der Waals surface area contributed by atoms with Crippen molar-refractivity contribution in [3.05, 3.63) is 105 Å². The number of carbonyl (C=O) groups is 2. The number of phenols is 1. The minimum atomic E-state index is -0.652. The van der Waals surface area contributed by atoms with Gasteiger partial charge in [-0.3, -0.25) is 19.3 Å². The van der Waals surface area contributed by atoms with Crippen LogP contribution in [0.2, 0.25) is 10.0 Å². The quantitative estimate of drug-likeness (QED) is 0.197. The van der Waals surface area contributed by atoms with Crippen molar-refractivity contribution in [1.29, 1.82) is 0 Å². The molecule has 0 radical (unpaired) electrons. The van der Waals surface area contributed by atoms with E-state index in [-0.39, 0.29) is 63.6 Å². The minimum Gasteiger partial charge on any atom is -0.506 e. The molecule has 1 fully saturated rings. The Morgan fingerprint density at radius 1 is 0.956 bits per heavy atom. The van der Waals surface area contributed by atoms with E-state index in [0.717, 1.165) is 19.6 Å². The van der Waals surface area contributed by atoms with E-state index in [4.69, 9.17) is 27.9 Å². The normalized spacial score (nSPS) is 16.4. The molecule has 236 valence electrons. The fourth-order valence-electron chi connectivity index (χ4n) is 5.17. The molecule has 5 rings (SSSR count). The van der Waals surface area contributed by atoms with Gasteiger partial charge < -0.3 is 25.0 Å². The van der Waals surface area contributed by atoms with Gasteiger partial charge in [0.25, 0.3) is 17.4 Å². The Morgan fingerprint density at radius 2 is 1.67 bits per heavy atom. The maximum absolute atomic E-state index is 13.3. The molecule has 0 spiro atoms. The van der Waals surface area contributed by atoms with Crippen molar-refractivity contribution in [2.45, 2.75) is 32.6 Å². The highest BCUT2D eigenvalue weighted by atomic mass is 35.5. The largest absolute Gasteiger partial charge is 0.506 e. The third kappa shape index (κ3) is 8.42. The lowest BCUT2D eigenvalue weighted by Crippen LogP contribution is -2.46. The monoisotopic (exact) mass is 671 g/mol. The number of carbonyl (C=O) groups excluding carboxylic acids is 2. The molecule has 1 aliphatic heterocycles. The lowest BCUT2D eigenvalue weighted by Gasteiger charge is -2.35. The average Bonchev–Trinajstić information content (AvgIpc) is 2.98. The van der Waals surface area contributed by atoms with Crippen LogP contribution < -0.4 is 16.2 Å². The van der Waals surface area contributed by atoms with Gasteiger partial charge in [0.15, 0.2) is 0 Å². The minimum absolute atomic E-state index is 0. The summed E-state index contributed by atoms with van der Waals surface area (Å²) in [5, 5.41) is 16.3. The highest BCUT2D eigenvalue weighted by molar-refractivity contribution is 6.32. The van der Waals surface area contributed by atoms with Gasteiger partial charge in [0.2, 0.25) is 0 Å². The Morgan fingerprint density at radius 3 is 2.33 bits per heavy atom. The summed E-state index contributed by atoms with van der Waals surface area (Å²) in [6.45, 7) is 7.01. The van der Waals surface area contributed by atoms with Gasteiger partial charge in [-0.1, -0.05) is 35.3 Å². The summed E-state index contributed by atoms with van der Waals surface area (Å²) in [7, 11) is 0. The van der Waals surface area contributed by atoms with Crippen LogP contribution in [0.25, 0.3) is 11.1 Å². The van der Waals surface area contributed by atoms with Gasteiger partial charge in [-0.05, 0) is 61.9 Å². The van der Waals surface area contributed by atoms with Crippen molar-refractivity contribution < 1.29 is 19.4 Å². The van der Waals surface area contributed by atoms with Crippen LogP contribution in [0.3, 0.4) is 0 Å². The second-order valence-electron chi connectivity index (χ2n) is 10.6. The van der Waals surface area contributed by atoms with Crippen molar-refractivity contribution >= 4 is 58.9 Å². The van der Waals surface area contributed by atoms with Crippen LogP contribution in [-0.4, -0.2) is 63.2 Å². The molecule has 1 aliphatic rings. The zero-order valence-corrected chi connectivity index (χ0v) is 26.8. The molecule has 10 nitrogen and oxygen atoms in total. The van der Waals surface area contributed by atoms with Gasteiger partial charge >= 0.3 is 0 Å². The van der Waals surface area contributed by atoms with Crippen LogP contribution in [0.5, 0.6) is 5.75 Å². The lowest BCUT2D eigenvalue weighted by atomic mass is 10.0. The van der Waals surface area contributed by atoms with E-state index < -0.39 is 11.8 Å². The van der Waals surface area contributed by atoms with Gasteiger partial charge in [0.05, 0.1) is 28.5 Å². The third-order valence-electron chi connectivity index (χ3n) is 7.17. The molecule has 4 aromatic rings. The number of rotatable bonds is 8. The van der Waals surface area contributed by atoms with Gasteiger partial charge in [-0.2, -0.15) is 0 Å². The number of aromatic hydroxyl groups is 1. The Balaban J connectivity index is 0.00000461. The third-order valence-corrected chi connectivity index (χ3v) is 7.61. The molecular formula is C32H32Cl3N5O5.